The van der Waals surface area contributed by atoms with Crippen molar-refractivity contribution < 1.29 is 4.79 Å². The van der Waals surface area contributed by atoms with Gasteiger partial charge in [0.05, 0.1) is 23.2 Å². The average molecular weight is 396 g/mol. The number of benzene rings is 2. The molecule has 0 bridgehead atoms. The Bertz CT molecular complexity index is 1110. The molecule has 6 nitrogen and oxygen atoms in total. The molecule has 4 rings (SSSR count). The van der Waals surface area contributed by atoms with Gasteiger partial charge in [0.2, 0.25) is 0 Å². The lowest BCUT2D eigenvalue weighted by Gasteiger charge is -2.05. The van der Waals surface area contributed by atoms with Gasteiger partial charge in [-0.3, -0.25) is 4.79 Å². The zero-order valence-corrected chi connectivity index (χ0v) is 14.9. The van der Waals surface area contributed by atoms with Crippen LogP contribution in [0.25, 0.3) is 22.3 Å². The summed E-state index contributed by atoms with van der Waals surface area (Å²) in [4.78, 5) is 16.1. The smallest absolute Gasteiger partial charge is 0.269 e. The minimum Gasteiger partial charge on any atom is -0.364 e. The predicted octanol–water partition coefficient (Wildman–Crippen LogP) is 3.38. The molecule has 0 fully saturated rings. The third-order valence-corrected chi connectivity index (χ3v) is 4.45. The largest absolute Gasteiger partial charge is 0.364 e. The molecule has 124 valence electrons. The molecule has 4 aromatic rings. The number of carbonyl (C=O) groups excluding carboxylic acids is 1. The van der Waals surface area contributed by atoms with Crippen molar-refractivity contribution >= 4 is 32.7 Å². The van der Waals surface area contributed by atoms with Gasteiger partial charge >= 0.3 is 0 Å². The van der Waals surface area contributed by atoms with Crippen LogP contribution in [0.4, 0.5) is 0 Å². The van der Waals surface area contributed by atoms with Gasteiger partial charge in [-0.25, -0.2) is 9.67 Å². The van der Waals surface area contributed by atoms with Gasteiger partial charge in [0.15, 0.2) is 5.69 Å². The van der Waals surface area contributed by atoms with E-state index in [1.54, 1.807) is 11.0 Å². The number of nitrogens with zero attached hydrogens (tertiary/aromatic N) is 4. The SMILES string of the molecule is Cc1cn(-c2ccc3c(c2)c(C(N)=O)nn3-c2cccc(Br)c2)cn1. The standard InChI is InChI=1S/C18H14BrN5O/c1-11-9-23(10-21-11)13-5-6-16-15(8-13)17(18(20)25)22-24(16)14-4-2-3-12(19)7-14/h2-10H,1H3,(H2,20,25). The van der Waals surface area contributed by atoms with Crippen molar-refractivity contribution in [2.45, 2.75) is 6.92 Å². The zero-order chi connectivity index (χ0) is 17.6. The monoisotopic (exact) mass is 395 g/mol. The van der Waals surface area contributed by atoms with Crippen LogP contribution in [0.5, 0.6) is 0 Å². The Hall–Kier alpha value is -2.93. The lowest BCUT2D eigenvalue weighted by atomic mass is 10.1. The summed E-state index contributed by atoms with van der Waals surface area (Å²) in [5.41, 5.74) is 9.26. The molecule has 1 amide bonds. The van der Waals surface area contributed by atoms with Crippen LogP contribution in [0.3, 0.4) is 0 Å². The molecule has 0 unspecified atom stereocenters. The summed E-state index contributed by atoms with van der Waals surface area (Å²) >= 11 is 3.46. The number of rotatable bonds is 3. The summed E-state index contributed by atoms with van der Waals surface area (Å²) in [6.45, 7) is 1.93. The molecule has 0 aliphatic rings. The van der Waals surface area contributed by atoms with E-state index in [0.29, 0.717) is 5.39 Å². The van der Waals surface area contributed by atoms with Crippen LogP contribution in [0, 0.1) is 6.92 Å². The number of imidazole rings is 1. The van der Waals surface area contributed by atoms with Crippen molar-refractivity contribution in [1.82, 2.24) is 19.3 Å². The van der Waals surface area contributed by atoms with E-state index in [0.717, 1.165) is 27.1 Å². The van der Waals surface area contributed by atoms with Crippen LogP contribution in [-0.4, -0.2) is 25.2 Å². The Kier molecular flexibility index (Phi) is 3.65. The van der Waals surface area contributed by atoms with E-state index in [-0.39, 0.29) is 5.69 Å². The van der Waals surface area contributed by atoms with Crippen molar-refractivity contribution in [3.63, 3.8) is 0 Å². The molecule has 2 heterocycles. The molecule has 0 spiro atoms. The number of hydrogen-bond donors (Lipinski definition) is 1. The van der Waals surface area contributed by atoms with E-state index < -0.39 is 5.91 Å². The maximum atomic E-state index is 11.9. The Morgan fingerprint density at radius 1 is 1.16 bits per heavy atom. The first-order valence-electron chi connectivity index (χ1n) is 7.62. The van der Waals surface area contributed by atoms with Gasteiger partial charge in [-0.2, -0.15) is 5.10 Å². The number of carbonyl (C=O) groups is 1. The molecule has 2 N–H and O–H groups in total. The lowest BCUT2D eigenvalue weighted by Crippen LogP contribution is -2.12. The highest BCUT2D eigenvalue weighted by atomic mass is 79.9. The van der Waals surface area contributed by atoms with Crippen LogP contribution in [0.2, 0.25) is 0 Å². The van der Waals surface area contributed by atoms with E-state index in [1.165, 1.54) is 0 Å². The molecule has 0 aliphatic heterocycles. The third-order valence-electron chi connectivity index (χ3n) is 3.96. The number of nitrogens with two attached hydrogens (primary N) is 1. The molecule has 0 saturated carbocycles. The molecule has 0 radical (unpaired) electrons. The van der Waals surface area contributed by atoms with Gasteiger partial charge in [0, 0.05) is 21.7 Å². The molecule has 25 heavy (non-hydrogen) atoms. The van der Waals surface area contributed by atoms with Gasteiger partial charge in [0.25, 0.3) is 5.91 Å². The first-order valence-corrected chi connectivity index (χ1v) is 8.42. The fourth-order valence-corrected chi connectivity index (χ4v) is 3.20. The van der Waals surface area contributed by atoms with Crippen molar-refractivity contribution in [1.29, 1.82) is 0 Å². The van der Waals surface area contributed by atoms with E-state index in [1.807, 2.05) is 60.2 Å². The van der Waals surface area contributed by atoms with E-state index in [4.69, 9.17) is 5.73 Å². The Morgan fingerprint density at radius 2 is 2.00 bits per heavy atom. The third kappa shape index (κ3) is 2.72. The van der Waals surface area contributed by atoms with Gasteiger partial charge in [-0.05, 0) is 43.3 Å². The number of hydrogen-bond acceptors (Lipinski definition) is 3. The first kappa shape index (κ1) is 15.6. The normalized spacial score (nSPS) is 11.1. The molecule has 0 atom stereocenters. The van der Waals surface area contributed by atoms with E-state index in [9.17, 15) is 4.79 Å². The number of fused-ring (bicyclic) bond motifs is 1. The fraction of sp³-hybridized carbons (Fsp3) is 0.0556. The average Bonchev–Trinajstić information content (AvgIpc) is 3.18. The van der Waals surface area contributed by atoms with Crippen LogP contribution < -0.4 is 5.73 Å². The highest BCUT2D eigenvalue weighted by Crippen LogP contribution is 2.26. The maximum Gasteiger partial charge on any atom is 0.269 e. The topological polar surface area (TPSA) is 78.7 Å². The molecule has 0 saturated heterocycles. The number of aromatic nitrogens is 4. The number of amides is 1. The van der Waals surface area contributed by atoms with Crippen LogP contribution in [0.1, 0.15) is 16.2 Å². The zero-order valence-electron chi connectivity index (χ0n) is 13.3. The molecule has 2 aromatic carbocycles. The van der Waals surface area contributed by atoms with Crippen LogP contribution >= 0.6 is 15.9 Å². The Morgan fingerprint density at radius 3 is 2.68 bits per heavy atom. The number of primary amides is 1. The molecule has 2 aromatic heterocycles. The Labute approximate surface area is 152 Å². The van der Waals surface area contributed by atoms with Crippen molar-refractivity contribution in [3.8, 4) is 11.4 Å². The summed E-state index contributed by atoms with van der Waals surface area (Å²) in [6.07, 6.45) is 3.66. The summed E-state index contributed by atoms with van der Waals surface area (Å²) < 4.78 is 4.55. The van der Waals surface area contributed by atoms with Crippen molar-refractivity contribution in [3.05, 3.63) is 70.8 Å². The van der Waals surface area contributed by atoms with E-state index >= 15 is 0 Å². The summed E-state index contributed by atoms with van der Waals surface area (Å²) in [5, 5.41) is 5.14. The van der Waals surface area contributed by atoms with Gasteiger partial charge in [-0.15, -0.1) is 0 Å². The molecule has 0 aliphatic carbocycles. The van der Waals surface area contributed by atoms with Gasteiger partial charge in [-0.1, -0.05) is 22.0 Å². The van der Waals surface area contributed by atoms with Crippen molar-refractivity contribution in [2.75, 3.05) is 0 Å². The second kappa shape index (κ2) is 5.86. The number of halogens is 1. The van der Waals surface area contributed by atoms with Crippen LogP contribution in [0.15, 0.2) is 59.5 Å². The summed E-state index contributed by atoms with van der Waals surface area (Å²) in [5.74, 6) is -0.558. The number of aryl methyl sites for hydroxylation is 1. The fourth-order valence-electron chi connectivity index (χ4n) is 2.82. The molecular weight excluding hydrogens is 382 g/mol. The summed E-state index contributed by atoms with van der Waals surface area (Å²) in [6, 6.07) is 13.5. The lowest BCUT2D eigenvalue weighted by molar-refractivity contribution is 0.0996. The molecule has 7 heteroatoms. The minimum atomic E-state index is -0.558. The van der Waals surface area contributed by atoms with Gasteiger partial charge in [0.1, 0.15) is 0 Å². The Balaban J connectivity index is 1.96. The van der Waals surface area contributed by atoms with Crippen LogP contribution in [-0.2, 0) is 0 Å². The molecular formula is C18H14BrN5O. The second-order valence-corrected chi connectivity index (χ2v) is 6.64. The maximum absolute atomic E-state index is 11.9. The highest BCUT2D eigenvalue weighted by molar-refractivity contribution is 9.10. The first-order chi connectivity index (χ1) is 12.0. The van der Waals surface area contributed by atoms with Crippen molar-refractivity contribution in [2.24, 2.45) is 5.73 Å². The predicted molar refractivity (Wildman–Crippen MR) is 99.1 cm³/mol. The quantitative estimate of drug-likeness (QED) is 0.577. The summed E-state index contributed by atoms with van der Waals surface area (Å²) in [7, 11) is 0. The second-order valence-electron chi connectivity index (χ2n) is 5.73. The minimum absolute atomic E-state index is 0.244. The highest BCUT2D eigenvalue weighted by Gasteiger charge is 2.17. The van der Waals surface area contributed by atoms with E-state index in [2.05, 4.69) is 26.0 Å². The van der Waals surface area contributed by atoms with Gasteiger partial charge < -0.3 is 10.3 Å².